The first kappa shape index (κ1) is 19.4. The zero-order chi connectivity index (χ0) is 20.9. The number of carbonyl (C=O) groups is 1. The lowest BCUT2D eigenvalue weighted by atomic mass is 9.53. The Balaban J connectivity index is 1.79. The summed E-state index contributed by atoms with van der Waals surface area (Å²) in [4.78, 5) is 22.0. The van der Waals surface area contributed by atoms with Gasteiger partial charge in [0.2, 0.25) is 0 Å². The highest BCUT2D eigenvalue weighted by atomic mass is 35.5. The third kappa shape index (κ3) is 2.81. The Hall–Kier alpha value is -2.59. The summed E-state index contributed by atoms with van der Waals surface area (Å²) in [5.74, 6) is 0.314. The topological polar surface area (TPSA) is 42.9 Å². The molecule has 2 aliphatic rings. The molecule has 2 aliphatic carbocycles. The van der Waals surface area contributed by atoms with E-state index < -0.39 is 5.41 Å². The van der Waals surface area contributed by atoms with Crippen LogP contribution < -0.4 is 0 Å². The summed E-state index contributed by atoms with van der Waals surface area (Å²) in [6.07, 6.45) is 2.77. The molecule has 1 saturated carbocycles. The average Bonchev–Trinajstić information content (AvgIpc) is 2.77. The fourth-order valence-electron chi connectivity index (χ4n) is 5.52. The fourth-order valence-corrected chi connectivity index (χ4v) is 5.78. The summed E-state index contributed by atoms with van der Waals surface area (Å²) >= 11 is 6.65. The molecule has 1 heterocycles. The molecular weight excluding hydrogens is 399 g/mol. The summed E-state index contributed by atoms with van der Waals surface area (Å²) in [7, 11) is 0. The maximum atomic E-state index is 14.5. The van der Waals surface area contributed by atoms with Gasteiger partial charge in [-0.1, -0.05) is 61.0 Å². The summed E-state index contributed by atoms with van der Waals surface area (Å²) in [5, 5.41) is 0.386. The molecule has 0 amide bonds. The van der Waals surface area contributed by atoms with Crippen molar-refractivity contribution in [1.82, 2.24) is 9.97 Å². The Kier molecular flexibility index (Phi) is 4.70. The molecule has 5 rings (SSSR count). The first-order valence-corrected chi connectivity index (χ1v) is 10.8. The number of aromatic nitrogens is 2. The molecule has 0 unspecified atom stereocenters. The maximum Gasteiger partial charge on any atom is 0.164 e. The average molecular weight is 421 g/mol. The van der Waals surface area contributed by atoms with E-state index >= 15 is 0 Å². The SMILES string of the molecule is C[C@@H]1C(=O)CC[C@]2(c3ccccc3)c3nc(-c4ccccc4F)nc(Cl)c3CC[C@@H]12. The van der Waals surface area contributed by atoms with Gasteiger partial charge in [0, 0.05) is 23.3 Å². The van der Waals surface area contributed by atoms with Crippen LogP contribution in [-0.4, -0.2) is 15.8 Å². The van der Waals surface area contributed by atoms with E-state index in [1.54, 1.807) is 18.2 Å². The number of hydrogen-bond acceptors (Lipinski definition) is 3. The van der Waals surface area contributed by atoms with E-state index in [1.807, 2.05) is 25.1 Å². The van der Waals surface area contributed by atoms with Crippen molar-refractivity contribution in [2.24, 2.45) is 11.8 Å². The van der Waals surface area contributed by atoms with Crippen LogP contribution in [0, 0.1) is 17.7 Å². The van der Waals surface area contributed by atoms with E-state index in [1.165, 1.54) is 6.07 Å². The zero-order valence-electron chi connectivity index (χ0n) is 16.7. The van der Waals surface area contributed by atoms with Crippen LogP contribution in [0.15, 0.2) is 54.6 Å². The molecule has 152 valence electrons. The van der Waals surface area contributed by atoms with Gasteiger partial charge in [-0.05, 0) is 42.9 Å². The second-order valence-electron chi connectivity index (χ2n) is 8.38. The smallest absolute Gasteiger partial charge is 0.164 e. The third-order valence-electron chi connectivity index (χ3n) is 7.00. The highest BCUT2D eigenvalue weighted by molar-refractivity contribution is 6.30. The second-order valence-corrected chi connectivity index (χ2v) is 8.74. The van der Waals surface area contributed by atoms with Crippen molar-refractivity contribution in [3.8, 4) is 11.4 Å². The number of hydrogen-bond donors (Lipinski definition) is 0. The van der Waals surface area contributed by atoms with E-state index in [0.29, 0.717) is 35.2 Å². The van der Waals surface area contributed by atoms with Gasteiger partial charge >= 0.3 is 0 Å². The first-order valence-electron chi connectivity index (χ1n) is 10.4. The van der Waals surface area contributed by atoms with E-state index in [0.717, 1.165) is 29.7 Å². The maximum absolute atomic E-state index is 14.5. The van der Waals surface area contributed by atoms with Crippen molar-refractivity contribution >= 4 is 17.4 Å². The summed E-state index contributed by atoms with van der Waals surface area (Å²) < 4.78 is 14.5. The van der Waals surface area contributed by atoms with Crippen LogP contribution in [-0.2, 0) is 16.6 Å². The minimum absolute atomic E-state index is 0.0576. The summed E-state index contributed by atoms with van der Waals surface area (Å²) in [5.41, 5.74) is 2.85. The van der Waals surface area contributed by atoms with Crippen LogP contribution >= 0.6 is 11.6 Å². The molecule has 5 heteroatoms. The highest BCUT2D eigenvalue weighted by Crippen LogP contribution is 2.55. The number of Topliss-reactive ketones (excluding diaryl/α,β-unsaturated/α-hetero) is 1. The molecule has 30 heavy (non-hydrogen) atoms. The van der Waals surface area contributed by atoms with Gasteiger partial charge in [0.25, 0.3) is 0 Å². The van der Waals surface area contributed by atoms with Gasteiger partial charge in [-0.2, -0.15) is 0 Å². The molecule has 0 radical (unpaired) electrons. The lowest BCUT2D eigenvalue weighted by Gasteiger charge is -2.50. The number of rotatable bonds is 2. The molecule has 0 saturated heterocycles. The van der Waals surface area contributed by atoms with Crippen molar-refractivity contribution in [3.63, 3.8) is 0 Å². The molecule has 0 bridgehead atoms. The first-order chi connectivity index (χ1) is 14.5. The third-order valence-corrected chi connectivity index (χ3v) is 7.31. The summed E-state index contributed by atoms with van der Waals surface area (Å²) in [6, 6.07) is 16.8. The quantitative estimate of drug-likeness (QED) is 0.493. The Morgan fingerprint density at radius 2 is 1.77 bits per heavy atom. The Labute approximate surface area is 180 Å². The summed E-state index contributed by atoms with van der Waals surface area (Å²) in [6.45, 7) is 2.04. The number of fused-ring (bicyclic) bond motifs is 3. The van der Waals surface area contributed by atoms with Gasteiger partial charge < -0.3 is 0 Å². The van der Waals surface area contributed by atoms with Crippen LogP contribution in [0.4, 0.5) is 4.39 Å². The molecule has 0 N–H and O–H groups in total. The lowest BCUT2D eigenvalue weighted by molar-refractivity contribution is -0.128. The Morgan fingerprint density at radius 3 is 2.53 bits per heavy atom. The minimum atomic E-state index is -0.422. The monoisotopic (exact) mass is 420 g/mol. The van der Waals surface area contributed by atoms with Crippen LogP contribution in [0.5, 0.6) is 0 Å². The minimum Gasteiger partial charge on any atom is -0.299 e. The van der Waals surface area contributed by atoms with Crippen molar-refractivity contribution in [3.05, 3.63) is 82.4 Å². The molecule has 3 aromatic rings. The van der Waals surface area contributed by atoms with Crippen molar-refractivity contribution in [1.29, 1.82) is 0 Å². The molecule has 2 aromatic carbocycles. The van der Waals surface area contributed by atoms with Gasteiger partial charge in [-0.15, -0.1) is 0 Å². The predicted octanol–water partition coefficient (Wildman–Crippen LogP) is 5.78. The van der Waals surface area contributed by atoms with Crippen molar-refractivity contribution < 1.29 is 9.18 Å². The molecule has 0 aliphatic heterocycles. The molecule has 1 fully saturated rings. The molecule has 3 atom stereocenters. The van der Waals surface area contributed by atoms with E-state index in [4.69, 9.17) is 16.6 Å². The number of ketones is 1. The van der Waals surface area contributed by atoms with Crippen LogP contribution in [0.1, 0.15) is 43.0 Å². The number of benzene rings is 2. The standard InChI is InChI=1S/C25H22ClFN2O/c1-15-19-12-11-18-22(25(19,14-13-21(15)30)16-7-3-2-4-8-16)28-24(29-23(18)26)17-9-5-6-10-20(17)27/h2-10,15,19H,11-14H2,1H3/t15-,19-,25+/m0/s1. The molecule has 0 spiro atoms. The predicted molar refractivity (Wildman–Crippen MR) is 115 cm³/mol. The van der Waals surface area contributed by atoms with Crippen molar-refractivity contribution in [2.45, 2.75) is 38.0 Å². The fraction of sp³-hybridized carbons (Fsp3) is 0.320. The zero-order valence-corrected chi connectivity index (χ0v) is 17.5. The highest BCUT2D eigenvalue weighted by Gasteiger charge is 2.53. The number of halogens is 2. The number of carbonyl (C=O) groups excluding carboxylic acids is 1. The van der Waals surface area contributed by atoms with Gasteiger partial charge in [0.15, 0.2) is 5.82 Å². The molecular formula is C25H22ClFN2O. The van der Waals surface area contributed by atoms with E-state index in [-0.39, 0.29) is 17.7 Å². The van der Waals surface area contributed by atoms with Crippen molar-refractivity contribution in [2.75, 3.05) is 0 Å². The lowest BCUT2D eigenvalue weighted by Crippen LogP contribution is -2.50. The van der Waals surface area contributed by atoms with Gasteiger partial charge in [0.05, 0.1) is 11.3 Å². The largest absolute Gasteiger partial charge is 0.299 e. The normalized spacial score (nSPS) is 25.5. The number of nitrogens with zero attached hydrogens (tertiary/aromatic N) is 2. The molecule has 3 nitrogen and oxygen atoms in total. The Morgan fingerprint density at radius 1 is 1.03 bits per heavy atom. The van der Waals surface area contributed by atoms with Gasteiger partial charge in [-0.25, -0.2) is 14.4 Å². The van der Waals surface area contributed by atoms with Crippen LogP contribution in [0.3, 0.4) is 0 Å². The van der Waals surface area contributed by atoms with Crippen LogP contribution in [0.2, 0.25) is 5.15 Å². The van der Waals surface area contributed by atoms with E-state index in [2.05, 4.69) is 17.1 Å². The van der Waals surface area contributed by atoms with Gasteiger partial charge in [0.1, 0.15) is 16.8 Å². The Bertz CT molecular complexity index is 1130. The van der Waals surface area contributed by atoms with E-state index in [9.17, 15) is 9.18 Å². The second kappa shape index (κ2) is 7.28. The van der Waals surface area contributed by atoms with Gasteiger partial charge in [-0.3, -0.25) is 4.79 Å². The molecule has 1 aromatic heterocycles. The van der Waals surface area contributed by atoms with Crippen LogP contribution in [0.25, 0.3) is 11.4 Å².